The zero-order valence-electron chi connectivity index (χ0n) is 16.0. The lowest BCUT2D eigenvalue weighted by Gasteiger charge is -2.09. The molecule has 4 aromatic rings. The first kappa shape index (κ1) is 18.4. The number of methoxy groups -OCH3 is 2. The number of nitrogens with one attached hydrogen (secondary N) is 1. The van der Waals surface area contributed by atoms with Crippen molar-refractivity contribution in [2.75, 3.05) is 19.6 Å². The van der Waals surface area contributed by atoms with Gasteiger partial charge in [-0.2, -0.15) is 5.10 Å². The van der Waals surface area contributed by atoms with Crippen molar-refractivity contribution in [3.05, 3.63) is 72.6 Å². The van der Waals surface area contributed by atoms with Crippen molar-refractivity contribution in [3.8, 4) is 22.9 Å². The molecule has 0 spiro atoms. The fraction of sp³-hybridized carbons (Fsp3) is 0.0909. The average Bonchev–Trinajstić information content (AvgIpc) is 2.79. The minimum atomic E-state index is 0.580. The quantitative estimate of drug-likeness (QED) is 0.397. The number of aromatic nitrogens is 3. The molecule has 1 N–H and O–H groups in total. The Balaban J connectivity index is 1.68. The molecule has 2 aromatic carbocycles. The highest BCUT2D eigenvalue weighted by molar-refractivity contribution is 5.91. The summed E-state index contributed by atoms with van der Waals surface area (Å²) in [4.78, 5) is 13.4. The van der Waals surface area contributed by atoms with E-state index in [0.29, 0.717) is 17.4 Å². The van der Waals surface area contributed by atoms with Crippen LogP contribution in [-0.4, -0.2) is 35.4 Å². The third-order valence-corrected chi connectivity index (χ3v) is 4.34. The molecule has 0 bridgehead atoms. The molecule has 0 atom stereocenters. The number of para-hydroxylation sites is 1. The lowest BCUT2D eigenvalue weighted by Crippen LogP contribution is -2.00. The number of rotatable bonds is 6. The first-order chi connectivity index (χ1) is 14.3. The van der Waals surface area contributed by atoms with Crippen molar-refractivity contribution in [2.45, 2.75) is 0 Å². The van der Waals surface area contributed by atoms with E-state index in [-0.39, 0.29) is 0 Å². The molecule has 0 amide bonds. The van der Waals surface area contributed by atoms with E-state index in [0.717, 1.165) is 27.8 Å². The lowest BCUT2D eigenvalue weighted by atomic mass is 10.2. The summed E-state index contributed by atoms with van der Waals surface area (Å²) in [5, 5.41) is 5.23. The molecular weight excluding hydrogens is 366 g/mol. The van der Waals surface area contributed by atoms with Gasteiger partial charge in [-0.05, 0) is 36.4 Å². The van der Waals surface area contributed by atoms with Gasteiger partial charge in [-0.25, -0.2) is 9.97 Å². The summed E-state index contributed by atoms with van der Waals surface area (Å²) in [5.74, 6) is 2.57. The molecule has 2 heterocycles. The van der Waals surface area contributed by atoms with Crippen LogP contribution >= 0.6 is 0 Å². The van der Waals surface area contributed by atoms with Crippen LogP contribution in [0, 0.1) is 0 Å². The number of pyridine rings is 1. The first-order valence-corrected chi connectivity index (χ1v) is 8.97. The molecule has 7 heteroatoms. The Morgan fingerprint density at radius 1 is 0.966 bits per heavy atom. The Morgan fingerprint density at radius 2 is 1.86 bits per heavy atom. The number of ether oxygens (including phenoxy) is 2. The zero-order chi connectivity index (χ0) is 20.1. The van der Waals surface area contributed by atoms with E-state index in [2.05, 4.69) is 25.5 Å². The third kappa shape index (κ3) is 3.98. The van der Waals surface area contributed by atoms with Gasteiger partial charge in [0.05, 0.1) is 26.0 Å². The van der Waals surface area contributed by atoms with Crippen molar-refractivity contribution in [1.82, 2.24) is 15.0 Å². The molecule has 0 fully saturated rings. The minimum Gasteiger partial charge on any atom is -0.497 e. The van der Waals surface area contributed by atoms with Crippen molar-refractivity contribution < 1.29 is 9.47 Å². The van der Waals surface area contributed by atoms with Gasteiger partial charge < -0.3 is 9.47 Å². The van der Waals surface area contributed by atoms with Crippen LogP contribution in [0.2, 0.25) is 0 Å². The molecule has 0 aliphatic rings. The molecule has 29 heavy (non-hydrogen) atoms. The zero-order valence-corrected chi connectivity index (χ0v) is 16.0. The molecule has 0 aliphatic carbocycles. The molecule has 144 valence electrons. The van der Waals surface area contributed by atoms with Crippen LogP contribution in [0.5, 0.6) is 11.5 Å². The van der Waals surface area contributed by atoms with Crippen LogP contribution in [0.25, 0.3) is 22.3 Å². The van der Waals surface area contributed by atoms with Gasteiger partial charge in [0, 0.05) is 35.0 Å². The van der Waals surface area contributed by atoms with E-state index < -0.39 is 0 Å². The van der Waals surface area contributed by atoms with Gasteiger partial charge in [0.1, 0.15) is 11.5 Å². The average molecular weight is 385 g/mol. The van der Waals surface area contributed by atoms with E-state index in [4.69, 9.17) is 9.47 Å². The molecule has 7 nitrogen and oxygen atoms in total. The monoisotopic (exact) mass is 385 g/mol. The molecule has 0 aliphatic heterocycles. The molecular formula is C22H19N5O2. The van der Waals surface area contributed by atoms with Crippen molar-refractivity contribution in [3.63, 3.8) is 0 Å². The first-order valence-electron chi connectivity index (χ1n) is 8.97. The van der Waals surface area contributed by atoms with E-state index >= 15 is 0 Å². The van der Waals surface area contributed by atoms with Crippen LogP contribution in [0.3, 0.4) is 0 Å². The predicted octanol–water partition coefficient (Wildman–Crippen LogP) is 4.16. The predicted molar refractivity (Wildman–Crippen MR) is 114 cm³/mol. The van der Waals surface area contributed by atoms with Crippen LogP contribution < -0.4 is 14.9 Å². The van der Waals surface area contributed by atoms with Crippen LogP contribution in [0.4, 0.5) is 5.82 Å². The molecule has 2 aromatic heterocycles. The molecule has 0 saturated carbocycles. The normalized spacial score (nSPS) is 11.0. The Hall–Kier alpha value is -4.00. The van der Waals surface area contributed by atoms with Gasteiger partial charge in [-0.1, -0.05) is 12.1 Å². The Morgan fingerprint density at radius 3 is 2.66 bits per heavy atom. The highest BCUT2D eigenvalue weighted by Crippen LogP contribution is 2.25. The smallest absolute Gasteiger partial charge is 0.163 e. The molecule has 0 radical (unpaired) electrons. The standard InChI is InChI=1S/C22H19N5O2/c1-28-17-10-9-15(20(12-17)29-2)14-24-27-22-18-7-3-4-8-19(18)25-21(26-22)16-6-5-11-23-13-16/h3-14H,1-2H3,(H,25,26,27). The fourth-order valence-corrected chi connectivity index (χ4v) is 2.87. The summed E-state index contributed by atoms with van der Waals surface area (Å²) in [6, 6.07) is 17.1. The highest BCUT2D eigenvalue weighted by atomic mass is 16.5. The summed E-state index contributed by atoms with van der Waals surface area (Å²) in [6.45, 7) is 0. The molecule has 0 saturated heterocycles. The van der Waals surface area contributed by atoms with Crippen LogP contribution in [0.15, 0.2) is 72.1 Å². The van der Waals surface area contributed by atoms with Gasteiger partial charge in [-0.3, -0.25) is 10.4 Å². The van der Waals surface area contributed by atoms with E-state index in [9.17, 15) is 0 Å². The van der Waals surface area contributed by atoms with Crippen molar-refractivity contribution in [1.29, 1.82) is 0 Å². The topological polar surface area (TPSA) is 81.5 Å². The van der Waals surface area contributed by atoms with Gasteiger partial charge in [0.15, 0.2) is 11.6 Å². The third-order valence-electron chi connectivity index (χ3n) is 4.34. The number of hydrogen-bond acceptors (Lipinski definition) is 7. The SMILES string of the molecule is COc1ccc(C=NNc2nc(-c3cccnc3)nc3ccccc23)c(OC)c1. The largest absolute Gasteiger partial charge is 0.497 e. The number of fused-ring (bicyclic) bond motifs is 1. The molecule has 4 rings (SSSR count). The number of hydrazone groups is 1. The number of benzene rings is 2. The number of nitrogens with zero attached hydrogens (tertiary/aromatic N) is 4. The summed E-state index contributed by atoms with van der Waals surface area (Å²) >= 11 is 0. The maximum Gasteiger partial charge on any atom is 0.163 e. The highest BCUT2D eigenvalue weighted by Gasteiger charge is 2.09. The Kier molecular flexibility index (Phi) is 5.29. The maximum atomic E-state index is 5.41. The van der Waals surface area contributed by atoms with Crippen LogP contribution in [0.1, 0.15) is 5.56 Å². The molecule has 0 unspecified atom stereocenters. The van der Waals surface area contributed by atoms with Gasteiger partial charge in [0.25, 0.3) is 0 Å². The van der Waals surface area contributed by atoms with E-state index in [1.54, 1.807) is 32.8 Å². The van der Waals surface area contributed by atoms with E-state index in [1.165, 1.54) is 0 Å². The Labute approximate surface area is 168 Å². The second kappa shape index (κ2) is 8.35. The summed E-state index contributed by atoms with van der Waals surface area (Å²) in [6.07, 6.45) is 5.13. The van der Waals surface area contributed by atoms with Gasteiger partial charge in [-0.15, -0.1) is 0 Å². The van der Waals surface area contributed by atoms with Crippen LogP contribution in [-0.2, 0) is 0 Å². The summed E-state index contributed by atoms with van der Waals surface area (Å²) in [5.41, 5.74) is 5.50. The number of hydrogen-bond donors (Lipinski definition) is 1. The summed E-state index contributed by atoms with van der Waals surface area (Å²) < 4.78 is 10.6. The maximum absolute atomic E-state index is 5.41. The minimum absolute atomic E-state index is 0.580. The summed E-state index contributed by atoms with van der Waals surface area (Å²) in [7, 11) is 3.22. The second-order valence-corrected chi connectivity index (χ2v) is 6.13. The van der Waals surface area contributed by atoms with E-state index in [1.807, 2.05) is 54.6 Å². The Bertz CT molecular complexity index is 1160. The number of anilines is 1. The van der Waals surface area contributed by atoms with Crippen molar-refractivity contribution >= 4 is 22.9 Å². The lowest BCUT2D eigenvalue weighted by molar-refractivity contribution is 0.394. The van der Waals surface area contributed by atoms with Gasteiger partial charge >= 0.3 is 0 Å². The van der Waals surface area contributed by atoms with Gasteiger partial charge in [0.2, 0.25) is 0 Å². The van der Waals surface area contributed by atoms with Crippen molar-refractivity contribution in [2.24, 2.45) is 5.10 Å². The fourth-order valence-electron chi connectivity index (χ4n) is 2.87. The second-order valence-electron chi connectivity index (χ2n) is 6.13.